The Morgan fingerprint density at radius 2 is 1.84 bits per heavy atom. The zero-order valence-electron chi connectivity index (χ0n) is 20.7. The molecule has 0 aliphatic rings. The summed E-state index contributed by atoms with van der Waals surface area (Å²) in [5.74, 6) is 1.54. The number of carbonyl (C=O) groups is 1. The molecule has 1 amide bonds. The molecular weight excluding hydrogens is 502 g/mol. The Hall–Kier alpha value is -3.60. The standard InChI is InChI=1S/C29H28ClN5OS/c1-21-12-14-22(15-13-21)19-32-28(36)11-3-2-10-27-33-34-29(35(27)26-9-5-8-25(30)17-26)37-20-24-7-4-6-23(16-24)18-31/h4-9,12-17H,2-3,10-11,19-20H2,1H3,(H,32,36). The number of hydrogen-bond donors (Lipinski definition) is 1. The van der Waals surface area contributed by atoms with Gasteiger partial charge in [0.1, 0.15) is 5.82 Å². The number of unbranched alkanes of at least 4 members (excludes halogenated alkanes) is 1. The number of nitrogens with one attached hydrogen (secondary N) is 1. The minimum atomic E-state index is 0.0488. The number of carbonyl (C=O) groups excluding carboxylic acids is 1. The first kappa shape index (κ1) is 26.5. The molecular formula is C29H28ClN5OS. The van der Waals surface area contributed by atoms with E-state index in [4.69, 9.17) is 11.6 Å². The summed E-state index contributed by atoms with van der Waals surface area (Å²) in [5.41, 5.74) is 4.88. The van der Waals surface area contributed by atoms with Crippen molar-refractivity contribution in [3.8, 4) is 11.8 Å². The molecule has 0 saturated carbocycles. The molecule has 0 aliphatic heterocycles. The minimum Gasteiger partial charge on any atom is -0.352 e. The number of aryl methyl sites for hydroxylation is 2. The lowest BCUT2D eigenvalue weighted by Gasteiger charge is -2.11. The molecule has 6 nitrogen and oxygen atoms in total. The molecule has 37 heavy (non-hydrogen) atoms. The molecule has 1 heterocycles. The van der Waals surface area contributed by atoms with Crippen molar-refractivity contribution >= 4 is 29.3 Å². The summed E-state index contributed by atoms with van der Waals surface area (Å²) in [4.78, 5) is 12.3. The van der Waals surface area contributed by atoms with Crippen molar-refractivity contribution in [3.63, 3.8) is 0 Å². The van der Waals surface area contributed by atoms with Gasteiger partial charge in [-0.2, -0.15) is 5.26 Å². The lowest BCUT2D eigenvalue weighted by atomic mass is 10.1. The highest BCUT2D eigenvalue weighted by molar-refractivity contribution is 7.98. The minimum absolute atomic E-state index is 0.0488. The SMILES string of the molecule is Cc1ccc(CNC(=O)CCCCc2nnc(SCc3cccc(C#N)c3)n2-c2cccc(Cl)c2)cc1. The zero-order chi connectivity index (χ0) is 26.0. The van der Waals surface area contributed by atoms with Crippen LogP contribution in [0.3, 0.4) is 0 Å². The number of halogens is 1. The summed E-state index contributed by atoms with van der Waals surface area (Å²) >= 11 is 7.84. The highest BCUT2D eigenvalue weighted by Gasteiger charge is 2.15. The molecule has 0 unspecified atom stereocenters. The molecule has 0 spiro atoms. The van der Waals surface area contributed by atoms with E-state index in [1.54, 1.807) is 17.8 Å². The number of thioether (sulfide) groups is 1. The number of aromatic nitrogens is 3. The third-order valence-electron chi connectivity index (χ3n) is 5.86. The highest BCUT2D eigenvalue weighted by atomic mass is 35.5. The summed E-state index contributed by atoms with van der Waals surface area (Å²) in [6.07, 6.45) is 2.72. The summed E-state index contributed by atoms with van der Waals surface area (Å²) in [6, 6.07) is 25.5. The smallest absolute Gasteiger partial charge is 0.220 e. The van der Waals surface area contributed by atoms with Gasteiger partial charge in [-0.15, -0.1) is 10.2 Å². The van der Waals surface area contributed by atoms with E-state index in [-0.39, 0.29) is 5.91 Å². The number of rotatable bonds is 11. The van der Waals surface area contributed by atoms with Crippen LogP contribution in [0.4, 0.5) is 0 Å². The highest BCUT2D eigenvalue weighted by Crippen LogP contribution is 2.27. The number of hydrogen-bond acceptors (Lipinski definition) is 5. The van der Waals surface area contributed by atoms with E-state index >= 15 is 0 Å². The van der Waals surface area contributed by atoms with Crippen LogP contribution in [0.1, 0.15) is 47.3 Å². The first-order valence-corrected chi connectivity index (χ1v) is 13.5. The van der Waals surface area contributed by atoms with Crippen LogP contribution in [-0.2, 0) is 23.5 Å². The average Bonchev–Trinajstić information content (AvgIpc) is 3.32. The fourth-order valence-electron chi connectivity index (χ4n) is 3.87. The average molecular weight is 530 g/mol. The van der Waals surface area contributed by atoms with E-state index < -0.39 is 0 Å². The predicted molar refractivity (Wildman–Crippen MR) is 148 cm³/mol. The van der Waals surface area contributed by atoms with E-state index in [9.17, 15) is 10.1 Å². The van der Waals surface area contributed by atoms with E-state index in [1.807, 2.05) is 78.2 Å². The molecule has 8 heteroatoms. The van der Waals surface area contributed by atoms with E-state index in [1.165, 1.54) is 5.56 Å². The molecule has 1 N–H and O–H groups in total. The van der Waals surface area contributed by atoms with Crippen LogP contribution in [0.25, 0.3) is 5.69 Å². The van der Waals surface area contributed by atoms with Crippen LogP contribution < -0.4 is 5.32 Å². The molecule has 0 atom stereocenters. The van der Waals surface area contributed by atoms with Crippen molar-refractivity contribution in [2.45, 2.75) is 50.1 Å². The fraction of sp³-hybridized carbons (Fsp3) is 0.241. The van der Waals surface area contributed by atoms with Gasteiger partial charge in [-0.1, -0.05) is 71.4 Å². The molecule has 1 aromatic heterocycles. The maximum Gasteiger partial charge on any atom is 0.220 e. The molecule has 188 valence electrons. The normalized spacial score (nSPS) is 10.7. The number of benzene rings is 3. The van der Waals surface area contributed by atoms with E-state index in [2.05, 4.69) is 21.6 Å². The molecule has 0 saturated heterocycles. The summed E-state index contributed by atoms with van der Waals surface area (Å²) in [7, 11) is 0. The molecule has 4 aromatic rings. The third-order valence-corrected chi connectivity index (χ3v) is 7.09. The largest absolute Gasteiger partial charge is 0.352 e. The number of amides is 1. The summed E-state index contributed by atoms with van der Waals surface area (Å²) in [6.45, 7) is 2.59. The Balaban J connectivity index is 1.36. The summed E-state index contributed by atoms with van der Waals surface area (Å²) in [5, 5.41) is 22.5. The second kappa shape index (κ2) is 13.1. The molecule has 0 aliphatic carbocycles. The number of nitriles is 1. The van der Waals surface area contributed by atoms with Crippen LogP contribution in [0.5, 0.6) is 0 Å². The van der Waals surface area contributed by atoms with Gasteiger partial charge in [0.25, 0.3) is 0 Å². The van der Waals surface area contributed by atoms with Gasteiger partial charge in [-0.3, -0.25) is 9.36 Å². The maximum absolute atomic E-state index is 12.3. The molecule has 3 aromatic carbocycles. The van der Waals surface area contributed by atoms with Gasteiger partial charge in [0.2, 0.25) is 5.91 Å². The zero-order valence-corrected chi connectivity index (χ0v) is 22.2. The Labute approximate surface area is 226 Å². The van der Waals surface area contributed by atoms with E-state index in [0.29, 0.717) is 35.7 Å². The van der Waals surface area contributed by atoms with Gasteiger partial charge in [-0.25, -0.2) is 0 Å². The van der Waals surface area contributed by atoms with Crippen molar-refractivity contribution < 1.29 is 4.79 Å². The predicted octanol–water partition coefficient (Wildman–Crippen LogP) is 6.42. The van der Waals surface area contributed by atoms with Crippen molar-refractivity contribution in [2.75, 3.05) is 0 Å². The van der Waals surface area contributed by atoms with Crippen LogP contribution >= 0.6 is 23.4 Å². The van der Waals surface area contributed by atoms with Crippen molar-refractivity contribution in [1.29, 1.82) is 5.26 Å². The number of nitrogens with zero attached hydrogens (tertiary/aromatic N) is 4. The monoisotopic (exact) mass is 529 g/mol. The quantitative estimate of drug-likeness (QED) is 0.179. The van der Waals surface area contributed by atoms with E-state index in [0.717, 1.165) is 40.6 Å². The lowest BCUT2D eigenvalue weighted by Crippen LogP contribution is -2.22. The Morgan fingerprint density at radius 3 is 2.62 bits per heavy atom. The second-order valence-electron chi connectivity index (χ2n) is 8.78. The van der Waals surface area contributed by atoms with Crippen LogP contribution in [0, 0.1) is 18.3 Å². The molecule has 0 fully saturated rings. The Bertz CT molecular complexity index is 1390. The third kappa shape index (κ3) is 7.69. The van der Waals surface area contributed by atoms with Gasteiger partial charge in [-0.05, 0) is 61.2 Å². The topological polar surface area (TPSA) is 83.6 Å². The van der Waals surface area contributed by atoms with Crippen LogP contribution in [0.15, 0.2) is 78.0 Å². The van der Waals surface area contributed by atoms with Gasteiger partial charge in [0, 0.05) is 30.2 Å². The van der Waals surface area contributed by atoms with Gasteiger partial charge < -0.3 is 5.32 Å². The van der Waals surface area contributed by atoms with Gasteiger partial charge >= 0.3 is 0 Å². The molecule has 0 bridgehead atoms. The maximum atomic E-state index is 12.3. The first-order valence-electron chi connectivity index (χ1n) is 12.2. The van der Waals surface area contributed by atoms with Crippen LogP contribution in [-0.4, -0.2) is 20.7 Å². The van der Waals surface area contributed by atoms with Crippen molar-refractivity contribution in [1.82, 2.24) is 20.1 Å². The van der Waals surface area contributed by atoms with Crippen molar-refractivity contribution in [3.05, 3.63) is 106 Å². The van der Waals surface area contributed by atoms with Crippen molar-refractivity contribution in [2.24, 2.45) is 0 Å². The van der Waals surface area contributed by atoms with Crippen LogP contribution in [0.2, 0.25) is 5.02 Å². The first-order chi connectivity index (χ1) is 18.0. The lowest BCUT2D eigenvalue weighted by molar-refractivity contribution is -0.121. The molecule has 0 radical (unpaired) electrons. The fourth-order valence-corrected chi connectivity index (χ4v) is 4.97. The molecule has 4 rings (SSSR count). The Kier molecular flexibility index (Phi) is 9.36. The summed E-state index contributed by atoms with van der Waals surface area (Å²) < 4.78 is 2.03. The van der Waals surface area contributed by atoms with Gasteiger partial charge in [0.05, 0.1) is 17.3 Å². The van der Waals surface area contributed by atoms with Gasteiger partial charge in [0.15, 0.2) is 5.16 Å². The second-order valence-corrected chi connectivity index (χ2v) is 10.2. The Morgan fingerprint density at radius 1 is 1.03 bits per heavy atom.